The maximum absolute atomic E-state index is 12.9. The molecule has 8 nitrogen and oxygen atoms in total. The number of hydrogen-bond acceptors (Lipinski definition) is 7. The number of aromatic nitrogens is 2. The Bertz CT molecular complexity index is 1530. The third-order valence-corrected chi connectivity index (χ3v) is 7.75. The molecule has 2 aliphatic heterocycles. The van der Waals surface area contributed by atoms with E-state index in [1.165, 1.54) is 11.8 Å². The standard InChI is InChI=1S/C29H26N4O4S/c1-2-36-28(35)19-12-14-32(15-13-19)29-30-27(34)25(38-29)17-21-18-33(22-9-4-3-5-10-22)31-26(21)24-16-20-8-6-7-11-23(20)37-24/h3-11,16-19H,2,12-15H2,1H3/b25-17-. The maximum Gasteiger partial charge on any atom is 0.309 e. The Morgan fingerprint density at radius 1 is 1.13 bits per heavy atom. The number of carbonyl (C=O) groups is 2. The molecular formula is C29H26N4O4S. The van der Waals surface area contributed by atoms with Crippen LogP contribution >= 0.6 is 11.8 Å². The number of rotatable bonds is 5. The molecule has 2 aromatic heterocycles. The van der Waals surface area contributed by atoms with Gasteiger partial charge in [-0.3, -0.25) is 9.59 Å². The van der Waals surface area contributed by atoms with Crippen LogP contribution < -0.4 is 0 Å². The fourth-order valence-electron chi connectivity index (χ4n) is 4.74. The lowest BCUT2D eigenvalue weighted by atomic mass is 9.97. The molecule has 4 heterocycles. The van der Waals surface area contributed by atoms with Crippen molar-refractivity contribution in [3.05, 3.63) is 77.3 Å². The Labute approximate surface area is 224 Å². The Kier molecular flexibility index (Phi) is 6.59. The molecule has 1 saturated heterocycles. The minimum Gasteiger partial charge on any atom is -0.466 e. The van der Waals surface area contributed by atoms with Gasteiger partial charge in [0.15, 0.2) is 10.9 Å². The van der Waals surface area contributed by atoms with Crippen molar-refractivity contribution in [1.29, 1.82) is 0 Å². The fourth-order valence-corrected chi connectivity index (χ4v) is 5.69. The van der Waals surface area contributed by atoms with E-state index >= 15 is 0 Å². The maximum atomic E-state index is 12.9. The van der Waals surface area contributed by atoms with Gasteiger partial charge in [0, 0.05) is 30.2 Å². The summed E-state index contributed by atoms with van der Waals surface area (Å²) < 4.78 is 13.1. The van der Waals surface area contributed by atoms with Gasteiger partial charge in [-0.05, 0) is 61.9 Å². The van der Waals surface area contributed by atoms with E-state index in [4.69, 9.17) is 14.3 Å². The van der Waals surface area contributed by atoms with Gasteiger partial charge in [-0.1, -0.05) is 36.4 Å². The van der Waals surface area contributed by atoms with Crippen molar-refractivity contribution >= 4 is 45.9 Å². The first-order chi connectivity index (χ1) is 18.6. The van der Waals surface area contributed by atoms with Crippen molar-refractivity contribution in [2.24, 2.45) is 10.9 Å². The highest BCUT2D eigenvalue weighted by atomic mass is 32.2. The molecular weight excluding hydrogens is 500 g/mol. The number of amides is 1. The fraction of sp³-hybridized carbons (Fsp3) is 0.241. The van der Waals surface area contributed by atoms with Gasteiger partial charge in [-0.2, -0.15) is 10.1 Å². The van der Waals surface area contributed by atoms with Crippen LogP contribution in [-0.4, -0.2) is 51.4 Å². The Morgan fingerprint density at radius 2 is 1.89 bits per heavy atom. The van der Waals surface area contributed by atoms with Crippen LogP contribution in [0.4, 0.5) is 0 Å². The molecule has 192 valence electrons. The number of nitrogens with zero attached hydrogens (tertiary/aromatic N) is 4. The summed E-state index contributed by atoms with van der Waals surface area (Å²) in [4.78, 5) is 31.9. The lowest BCUT2D eigenvalue weighted by Gasteiger charge is -2.31. The molecule has 0 bridgehead atoms. The average Bonchev–Trinajstić information content (AvgIpc) is 3.66. The van der Waals surface area contributed by atoms with Crippen molar-refractivity contribution in [1.82, 2.24) is 14.7 Å². The molecule has 9 heteroatoms. The van der Waals surface area contributed by atoms with E-state index in [9.17, 15) is 9.59 Å². The van der Waals surface area contributed by atoms with Gasteiger partial charge in [0.1, 0.15) is 11.3 Å². The number of aliphatic imine (C=N–C) groups is 1. The number of furan rings is 1. The highest BCUT2D eigenvalue weighted by Crippen LogP contribution is 2.36. The van der Waals surface area contributed by atoms with E-state index in [2.05, 4.69) is 9.89 Å². The van der Waals surface area contributed by atoms with Gasteiger partial charge in [-0.15, -0.1) is 0 Å². The SMILES string of the molecule is CCOC(=O)C1CCN(C2=NC(=O)/C(=C/c3cn(-c4ccccc4)nc3-c3cc4ccccc4o3)S2)CC1. The Balaban J connectivity index is 1.28. The molecule has 4 aromatic rings. The Morgan fingerprint density at radius 3 is 2.66 bits per heavy atom. The molecule has 1 fully saturated rings. The molecule has 2 aliphatic rings. The third kappa shape index (κ3) is 4.77. The first-order valence-electron chi connectivity index (χ1n) is 12.7. The van der Waals surface area contributed by atoms with Gasteiger partial charge >= 0.3 is 5.97 Å². The third-order valence-electron chi connectivity index (χ3n) is 6.70. The summed E-state index contributed by atoms with van der Waals surface area (Å²) in [5.74, 6) is 0.114. The molecule has 0 atom stereocenters. The van der Waals surface area contributed by atoms with Crippen LogP contribution in [0.25, 0.3) is 34.2 Å². The van der Waals surface area contributed by atoms with Gasteiger partial charge in [0.25, 0.3) is 5.91 Å². The summed E-state index contributed by atoms with van der Waals surface area (Å²) >= 11 is 1.36. The van der Waals surface area contributed by atoms with Crippen molar-refractivity contribution in [3.63, 3.8) is 0 Å². The van der Waals surface area contributed by atoms with Gasteiger partial charge in [-0.25, -0.2) is 4.68 Å². The van der Waals surface area contributed by atoms with E-state index in [1.807, 2.05) is 79.9 Å². The van der Waals surface area contributed by atoms with Gasteiger partial charge < -0.3 is 14.1 Å². The second-order valence-corrected chi connectivity index (χ2v) is 10.2. The summed E-state index contributed by atoms with van der Waals surface area (Å²) in [7, 11) is 0. The molecule has 0 aliphatic carbocycles. The zero-order chi connectivity index (χ0) is 26.1. The highest BCUT2D eigenvalue weighted by molar-refractivity contribution is 8.18. The first-order valence-corrected chi connectivity index (χ1v) is 13.5. The number of fused-ring (bicyclic) bond motifs is 1. The lowest BCUT2D eigenvalue weighted by Crippen LogP contribution is -2.39. The summed E-state index contributed by atoms with van der Waals surface area (Å²) in [5, 5.41) is 6.48. The number of hydrogen-bond donors (Lipinski definition) is 0. The van der Waals surface area contributed by atoms with Crippen LogP contribution in [0, 0.1) is 5.92 Å². The topological polar surface area (TPSA) is 89.9 Å². The number of likely N-dealkylation sites (tertiary alicyclic amines) is 1. The molecule has 0 saturated carbocycles. The van der Waals surface area contributed by atoms with E-state index in [1.54, 1.807) is 4.68 Å². The van der Waals surface area contributed by atoms with E-state index in [0.717, 1.165) is 22.2 Å². The Hall–Kier alpha value is -4.11. The van der Waals surface area contributed by atoms with Crippen molar-refractivity contribution in [2.45, 2.75) is 19.8 Å². The van der Waals surface area contributed by atoms with Crippen LogP contribution in [0.3, 0.4) is 0 Å². The predicted molar refractivity (Wildman–Crippen MR) is 148 cm³/mol. The van der Waals surface area contributed by atoms with E-state index in [-0.39, 0.29) is 17.8 Å². The van der Waals surface area contributed by atoms with Crippen molar-refractivity contribution < 1.29 is 18.7 Å². The monoisotopic (exact) mass is 526 g/mol. The molecule has 0 spiro atoms. The zero-order valence-corrected chi connectivity index (χ0v) is 21.7. The molecule has 1 amide bonds. The second-order valence-electron chi connectivity index (χ2n) is 9.19. The number of piperidine rings is 1. The van der Waals surface area contributed by atoms with E-state index < -0.39 is 0 Å². The summed E-state index contributed by atoms with van der Waals surface area (Å²) in [6.45, 7) is 3.53. The quantitative estimate of drug-likeness (QED) is 0.249. The number of carbonyl (C=O) groups excluding carboxylic acids is 2. The molecule has 2 aromatic carbocycles. The summed E-state index contributed by atoms with van der Waals surface area (Å²) in [5.41, 5.74) is 3.09. The van der Waals surface area contributed by atoms with Gasteiger partial charge in [0.2, 0.25) is 0 Å². The molecule has 0 N–H and O–H groups in total. The van der Waals surface area contributed by atoms with Crippen LogP contribution in [0.2, 0.25) is 0 Å². The lowest BCUT2D eigenvalue weighted by molar-refractivity contribution is -0.149. The van der Waals surface area contributed by atoms with Crippen molar-refractivity contribution in [2.75, 3.05) is 19.7 Å². The van der Waals surface area contributed by atoms with Crippen LogP contribution in [0.15, 0.2) is 81.2 Å². The minimum atomic E-state index is -0.277. The number of amidine groups is 1. The normalized spacial score (nSPS) is 17.4. The van der Waals surface area contributed by atoms with Crippen molar-refractivity contribution in [3.8, 4) is 17.1 Å². The van der Waals surface area contributed by atoms with E-state index in [0.29, 0.717) is 54.1 Å². The largest absolute Gasteiger partial charge is 0.466 e. The summed E-state index contributed by atoms with van der Waals surface area (Å²) in [6.07, 6.45) is 5.11. The molecule has 38 heavy (non-hydrogen) atoms. The van der Waals surface area contributed by atoms with Gasteiger partial charge in [0.05, 0.1) is 23.1 Å². The number of thioether (sulfide) groups is 1. The number of esters is 1. The smallest absolute Gasteiger partial charge is 0.309 e. The zero-order valence-electron chi connectivity index (χ0n) is 20.9. The van der Waals surface area contributed by atoms with Crippen LogP contribution in [-0.2, 0) is 14.3 Å². The highest BCUT2D eigenvalue weighted by Gasteiger charge is 2.32. The van der Waals surface area contributed by atoms with Crippen LogP contribution in [0.1, 0.15) is 25.3 Å². The minimum absolute atomic E-state index is 0.0980. The molecule has 6 rings (SSSR count). The molecule has 0 unspecified atom stereocenters. The number of ether oxygens (including phenoxy) is 1. The number of para-hydroxylation sites is 2. The summed E-state index contributed by atoms with van der Waals surface area (Å²) in [6, 6.07) is 19.6. The molecule has 0 radical (unpaired) electrons. The van der Waals surface area contributed by atoms with Crippen LogP contribution in [0.5, 0.6) is 0 Å². The number of benzene rings is 2. The first kappa shape index (κ1) is 24.2. The predicted octanol–water partition coefficient (Wildman–Crippen LogP) is 5.53. The average molecular weight is 527 g/mol. The second kappa shape index (κ2) is 10.3.